The monoisotopic (exact) mass is 767 g/mol. The summed E-state index contributed by atoms with van der Waals surface area (Å²) < 4.78 is 6.18. The molecule has 3 saturated heterocycles. The van der Waals surface area contributed by atoms with Crippen LogP contribution in [0.5, 0.6) is 11.5 Å². The fourth-order valence-electron chi connectivity index (χ4n) is 8.61. The molecule has 4 heterocycles. The minimum Gasteiger partial charge on any atom is -0.508 e. The van der Waals surface area contributed by atoms with Crippen molar-refractivity contribution in [2.24, 2.45) is 5.92 Å². The molecule has 4 aliphatic heterocycles. The van der Waals surface area contributed by atoms with Crippen LogP contribution in [0.1, 0.15) is 70.0 Å². The van der Waals surface area contributed by atoms with Gasteiger partial charge in [-0.25, -0.2) is 0 Å². The van der Waals surface area contributed by atoms with Crippen LogP contribution >= 0.6 is 0 Å². The maximum atomic E-state index is 13.3. The third kappa shape index (κ3) is 8.22. The van der Waals surface area contributed by atoms with Gasteiger partial charge in [-0.2, -0.15) is 0 Å². The third-order valence-corrected chi connectivity index (χ3v) is 11.8. The molecule has 294 valence electrons. The largest absolute Gasteiger partial charge is 0.508 e. The number of allylic oxidation sites excluding steroid dienone is 1. The van der Waals surface area contributed by atoms with Crippen LogP contribution in [0.4, 0.5) is 5.69 Å². The fraction of sp³-hybridized carbons (Fsp3) is 0.348. The molecular formula is C46H49N5O6. The Morgan fingerprint density at radius 1 is 0.754 bits per heavy atom. The topological polar surface area (TPSA) is 123 Å². The molecule has 4 aromatic carbocycles. The number of nitrogens with zero attached hydrogens (tertiary/aromatic N) is 4. The maximum absolute atomic E-state index is 13.3. The highest BCUT2D eigenvalue weighted by Crippen LogP contribution is 2.36. The fourth-order valence-corrected chi connectivity index (χ4v) is 8.61. The lowest BCUT2D eigenvalue weighted by atomic mass is 9.88. The number of fused-ring (bicyclic) bond motifs is 1. The number of ether oxygens (including phenoxy) is 1. The molecule has 3 fully saturated rings. The van der Waals surface area contributed by atoms with Gasteiger partial charge in [-0.1, -0.05) is 61.5 Å². The average molecular weight is 768 g/mol. The second-order valence-electron chi connectivity index (χ2n) is 15.4. The third-order valence-electron chi connectivity index (χ3n) is 11.8. The zero-order valence-electron chi connectivity index (χ0n) is 32.4. The molecule has 1 atom stereocenters. The van der Waals surface area contributed by atoms with Crippen molar-refractivity contribution in [3.05, 3.63) is 125 Å². The van der Waals surface area contributed by atoms with Gasteiger partial charge in [-0.05, 0) is 102 Å². The van der Waals surface area contributed by atoms with Crippen LogP contribution < -0.4 is 15.0 Å². The summed E-state index contributed by atoms with van der Waals surface area (Å²) in [4.78, 5) is 58.6. The summed E-state index contributed by atoms with van der Waals surface area (Å²) >= 11 is 0. The van der Waals surface area contributed by atoms with E-state index in [0.717, 1.165) is 98.2 Å². The Kier molecular flexibility index (Phi) is 11.2. The predicted octanol–water partition coefficient (Wildman–Crippen LogP) is 5.69. The summed E-state index contributed by atoms with van der Waals surface area (Å²) in [6.07, 6.45) is 2.27. The SMILES string of the molecule is CC/C(=C(\c1ccc(O)cc1)c1ccc(OCCN2CC(CCN3CCN(c4ccc5c(c4)C(=O)N(C4CCC(=O)NC4=O)C5=O)CC3)C2)cc1)c1ccccc1. The molecule has 57 heavy (non-hydrogen) atoms. The van der Waals surface area contributed by atoms with Crippen LogP contribution in [-0.4, -0.2) is 108 Å². The molecular weight excluding hydrogens is 719 g/mol. The second-order valence-corrected chi connectivity index (χ2v) is 15.4. The van der Waals surface area contributed by atoms with Crippen LogP contribution in [0.15, 0.2) is 97.1 Å². The predicted molar refractivity (Wildman–Crippen MR) is 219 cm³/mol. The van der Waals surface area contributed by atoms with Crippen LogP contribution in [0.25, 0.3) is 11.1 Å². The molecule has 4 aliphatic rings. The number of rotatable bonds is 13. The molecule has 4 amide bonds. The number of amides is 4. The summed E-state index contributed by atoms with van der Waals surface area (Å²) in [5, 5.41) is 12.2. The van der Waals surface area contributed by atoms with E-state index in [-0.39, 0.29) is 24.5 Å². The highest BCUT2D eigenvalue weighted by atomic mass is 16.5. The van der Waals surface area contributed by atoms with Crippen molar-refractivity contribution < 1.29 is 29.0 Å². The lowest BCUT2D eigenvalue weighted by Crippen LogP contribution is -2.54. The smallest absolute Gasteiger partial charge is 0.262 e. The molecule has 4 aromatic rings. The van der Waals surface area contributed by atoms with Gasteiger partial charge in [0.15, 0.2) is 0 Å². The lowest BCUT2D eigenvalue weighted by Gasteiger charge is -2.41. The van der Waals surface area contributed by atoms with Gasteiger partial charge < -0.3 is 14.7 Å². The van der Waals surface area contributed by atoms with E-state index >= 15 is 0 Å². The second kappa shape index (κ2) is 16.8. The molecule has 0 radical (unpaired) electrons. The minimum absolute atomic E-state index is 0.101. The van der Waals surface area contributed by atoms with Crippen LogP contribution in [0.2, 0.25) is 0 Å². The average Bonchev–Trinajstić information content (AvgIpc) is 3.46. The zero-order chi connectivity index (χ0) is 39.5. The van der Waals surface area contributed by atoms with Crippen molar-refractivity contribution in [2.75, 3.05) is 63.9 Å². The molecule has 8 rings (SSSR count). The molecule has 0 aromatic heterocycles. The van der Waals surface area contributed by atoms with E-state index < -0.39 is 23.8 Å². The van der Waals surface area contributed by atoms with E-state index in [1.807, 2.05) is 24.3 Å². The van der Waals surface area contributed by atoms with Crippen molar-refractivity contribution in [2.45, 2.75) is 38.6 Å². The van der Waals surface area contributed by atoms with Gasteiger partial charge in [0.2, 0.25) is 11.8 Å². The zero-order valence-corrected chi connectivity index (χ0v) is 32.4. The van der Waals surface area contributed by atoms with Gasteiger partial charge in [0.1, 0.15) is 24.1 Å². The van der Waals surface area contributed by atoms with E-state index in [9.17, 15) is 24.3 Å². The van der Waals surface area contributed by atoms with E-state index in [0.29, 0.717) is 23.7 Å². The van der Waals surface area contributed by atoms with Gasteiger partial charge >= 0.3 is 0 Å². The Labute approximate surface area is 333 Å². The van der Waals surface area contributed by atoms with Crippen molar-refractivity contribution in [1.29, 1.82) is 0 Å². The first-order chi connectivity index (χ1) is 27.7. The molecule has 1 unspecified atom stereocenters. The Hall–Kier alpha value is -5.78. The van der Waals surface area contributed by atoms with Gasteiger partial charge in [0, 0.05) is 57.9 Å². The van der Waals surface area contributed by atoms with Gasteiger partial charge in [-0.3, -0.25) is 39.2 Å². The molecule has 0 aliphatic carbocycles. The Morgan fingerprint density at radius 2 is 1.44 bits per heavy atom. The lowest BCUT2D eigenvalue weighted by molar-refractivity contribution is -0.136. The molecule has 11 nitrogen and oxygen atoms in total. The molecule has 11 heteroatoms. The van der Waals surface area contributed by atoms with Crippen molar-refractivity contribution in [3.8, 4) is 11.5 Å². The number of piperazine rings is 1. The highest BCUT2D eigenvalue weighted by molar-refractivity contribution is 6.23. The van der Waals surface area contributed by atoms with E-state index in [2.05, 4.69) is 75.5 Å². The number of piperidine rings is 1. The van der Waals surface area contributed by atoms with Crippen LogP contribution in [-0.2, 0) is 9.59 Å². The first-order valence-corrected chi connectivity index (χ1v) is 20.1. The summed E-state index contributed by atoms with van der Waals surface area (Å²) in [7, 11) is 0. The highest BCUT2D eigenvalue weighted by Gasteiger charge is 2.45. The van der Waals surface area contributed by atoms with Crippen molar-refractivity contribution >= 4 is 40.5 Å². The number of phenolic OH excluding ortho intramolecular Hbond substituents is 1. The van der Waals surface area contributed by atoms with Crippen molar-refractivity contribution in [1.82, 2.24) is 20.0 Å². The Balaban J connectivity index is 0.770. The first-order valence-electron chi connectivity index (χ1n) is 20.1. The number of nitrogens with one attached hydrogen (secondary N) is 1. The van der Waals surface area contributed by atoms with Gasteiger partial charge in [0.05, 0.1) is 11.1 Å². The van der Waals surface area contributed by atoms with Crippen LogP contribution in [0, 0.1) is 5.92 Å². The van der Waals surface area contributed by atoms with Gasteiger partial charge in [0.25, 0.3) is 11.8 Å². The maximum Gasteiger partial charge on any atom is 0.262 e. The number of benzene rings is 4. The minimum atomic E-state index is -0.960. The summed E-state index contributed by atoms with van der Waals surface area (Å²) in [5.41, 5.74) is 7.29. The standard InChI is InChI=1S/C46H49N5O6/c1-2-38(32-6-4-3-5-7-32)43(33-8-13-36(52)14-9-33)34-10-15-37(16-11-34)57-27-26-49-29-31(30-49)20-21-48-22-24-50(25-23-48)35-12-17-39-40(28-35)46(56)51(45(39)55)41-18-19-42(53)47-44(41)54/h3-17,28,31,41,52H,2,18-27,29-30H2,1H3,(H,47,53,54)/b43-38-. The number of phenols is 1. The Bertz CT molecular complexity index is 2160. The van der Waals surface area contributed by atoms with E-state index in [1.165, 1.54) is 11.1 Å². The number of carbonyl (C=O) groups is 4. The normalized spacial score (nSPS) is 19.6. The number of aromatic hydroxyl groups is 1. The summed E-state index contributed by atoms with van der Waals surface area (Å²) in [5.74, 6) is -0.150. The number of anilines is 1. The molecule has 0 bridgehead atoms. The van der Waals surface area contributed by atoms with Gasteiger partial charge in [-0.15, -0.1) is 0 Å². The van der Waals surface area contributed by atoms with Crippen molar-refractivity contribution in [3.63, 3.8) is 0 Å². The number of hydrogen-bond donors (Lipinski definition) is 2. The molecule has 2 N–H and O–H groups in total. The number of likely N-dealkylation sites (tertiary alicyclic amines) is 1. The quantitative estimate of drug-likeness (QED) is 0.131. The summed E-state index contributed by atoms with van der Waals surface area (Å²) in [6, 6.07) is 30.7. The van der Waals surface area contributed by atoms with Crippen LogP contribution in [0.3, 0.4) is 0 Å². The van der Waals surface area contributed by atoms with E-state index in [1.54, 1.807) is 24.3 Å². The number of hydrogen-bond acceptors (Lipinski definition) is 9. The Morgan fingerprint density at radius 3 is 2.12 bits per heavy atom. The first kappa shape index (κ1) is 38.1. The number of imide groups is 2. The number of carbonyl (C=O) groups excluding carboxylic acids is 4. The molecule has 0 spiro atoms. The summed E-state index contributed by atoms with van der Waals surface area (Å²) in [6.45, 7) is 10.4. The molecule has 0 saturated carbocycles. The van der Waals surface area contributed by atoms with E-state index in [4.69, 9.17) is 4.74 Å².